The van der Waals surface area contributed by atoms with Crippen molar-refractivity contribution in [1.29, 1.82) is 0 Å². The average Bonchev–Trinajstić information content (AvgIpc) is 2.74. The van der Waals surface area contributed by atoms with E-state index in [9.17, 15) is 0 Å². The molecule has 3 N–H and O–H groups in total. The summed E-state index contributed by atoms with van der Waals surface area (Å²) in [5, 5.41) is 10.7. The van der Waals surface area contributed by atoms with E-state index in [1.54, 1.807) is 0 Å². The number of nitrogen functional groups attached to an aromatic ring is 1. The number of hydrogen-bond donors (Lipinski definition) is 2. The summed E-state index contributed by atoms with van der Waals surface area (Å²) in [6, 6.07) is 7.88. The molecule has 1 aromatic carbocycles. The molecule has 2 rings (SSSR count). The van der Waals surface area contributed by atoms with Crippen molar-refractivity contribution in [3.05, 3.63) is 24.3 Å². The number of nitrogens with two attached hydrogens (primary N) is 1. The summed E-state index contributed by atoms with van der Waals surface area (Å²) in [5.74, 6) is 0.444. The summed E-state index contributed by atoms with van der Waals surface area (Å²) in [5.41, 5.74) is 7.31. The Labute approximate surface area is 93.7 Å². The van der Waals surface area contributed by atoms with E-state index in [-0.39, 0.29) is 6.01 Å². The number of aromatic nitrogens is 2. The lowest BCUT2D eigenvalue weighted by molar-refractivity contribution is 0.590. The molecule has 5 nitrogen and oxygen atoms in total. The molecule has 0 atom stereocenters. The number of hydrogen-bond acceptors (Lipinski definition) is 5. The monoisotopic (exact) mass is 218 g/mol. The summed E-state index contributed by atoms with van der Waals surface area (Å²) in [4.78, 5) is 0. The van der Waals surface area contributed by atoms with Gasteiger partial charge in [-0.05, 0) is 30.7 Å². The van der Waals surface area contributed by atoms with Crippen LogP contribution >= 0.6 is 0 Å². The second-order valence-electron chi connectivity index (χ2n) is 3.45. The highest BCUT2D eigenvalue weighted by Crippen LogP contribution is 2.20. The Morgan fingerprint density at radius 1 is 1.25 bits per heavy atom. The van der Waals surface area contributed by atoms with Crippen LogP contribution in [0.2, 0.25) is 0 Å². The molecular weight excluding hydrogens is 204 g/mol. The maximum absolute atomic E-state index is 5.36. The van der Waals surface area contributed by atoms with Gasteiger partial charge in [0.05, 0.1) is 0 Å². The van der Waals surface area contributed by atoms with Gasteiger partial charge < -0.3 is 15.5 Å². The van der Waals surface area contributed by atoms with E-state index in [1.165, 1.54) is 0 Å². The van der Waals surface area contributed by atoms with Gasteiger partial charge in [0.25, 0.3) is 0 Å². The van der Waals surface area contributed by atoms with Gasteiger partial charge in [0.2, 0.25) is 5.89 Å². The molecule has 0 unspecified atom stereocenters. The van der Waals surface area contributed by atoms with Crippen LogP contribution in [0.3, 0.4) is 0 Å². The predicted octanol–water partition coefficient (Wildman–Crippen LogP) is 2.14. The van der Waals surface area contributed by atoms with Crippen molar-refractivity contribution in [2.45, 2.75) is 13.3 Å². The molecule has 16 heavy (non-hydrogen) atoms. The third kappa shape index (κ3) is 2.31. The topological polar surface area (TPSA) is 77.0 Å². The fourth-order valence-electron chi connectivity index (χ4n) is 1.35. The number of benzene rings is 1. The Morgan fingerprint density at radius 2 is 2.00 bits per heavy atom. The molecular formula is C11H14N4O. The van der Waals surface area contributed by atoms with Gasteiger partial charge in [-0.15, -0.1) is 5.10 Å². The molecule has 0 saturated carbocycles. The van der Waals surface area contributed by atoms with Crippen LogP contribution in [0.25, 0.3) is 11.5 Å². The van der Waals surface area contributed by atoms with Gasteiger partial charge in [-0.3, -0.25) is 0 Å². The smallest absolute Gasteiger partial charge is 0.313 e. The molecule has 0 saturated heterocycles. The van der Waals surface area contributed by atoms with E-state index in [4.69, 9.17) is 10.2 Å². The van der Waals surface area contributed by atoms with Crippen LogP contribution in [0.15, 0.2) is 28.7 Å². The van der Waals surface area contributed by atoms with Gasteiger partial charge in [0.15, 0.2) is 0 Å². The minimum atomic E-state index is 0.0863. The lowest BCUT2D eigenvalue weighted by Crippen LogP contribution is -1.98. The summed E-state index contributed by atoms with van der Waals surface area (Å²) < 4.78 is 5.13. The highest BCUT2D eigenvalue weighted by Gasteiger charge is 2.05. The zero-order valence-electron chi connectivity index (χ0n) is 9.10. The summed E-state index contributed by atoms with van der Waals surface area (Å²) in [7, 11) is 0. The van der Waals surface area contributed by atoms with Gasteiger partial charge in [0, 0.05) is 17.8 Å². The molecule has 84 valence electrons. The number of nitrogens with zero attached hydrogens (tertiary/aromatic N) is 2. The number of rotatable bonds is 4. The van der Waals surface area contributed by atoms with Gasteiger partial charge in [-0.25, -0.2) is 0 Å². The highest BCUT2D eigenvalue weighted by molar-refractivity contribution is 5.58. The Kier molecular flexibility index (Phi) is 3.05. The van der Waals surface area contributed by atoms with Crippen LogP contribution in [-0.2, 0) is 0 Å². The van der Waals surface area contributed by atoms with E-state index in [0.717, 1.165) is 24.2 Å². The average molecular weight is 218 g/mol. The standard InChI is InChI=1S/C11H14N4O/c1-2-7-13-9-5-3-8(4-6-9)10-14-15-11(12)16-10/h3-6,13H,2,7H2,1H3,(H2,12,15). The van der Waals surface area contributed by atoms with Crippen molar-refractivity contribution in [2.75, 3.05) is 17.6 Å². The molecule has 0 radical (unpaired) electrons. The molecule has 0 aliphatic carbocycles. The Bertz CT molecular complexity index is 449. The molecule has 0 bridgehead atoms. The lowest BCUT2D eigenvalue weighted by Gasteiger charge is -2.04. The SMILES string of the molecule is CCCNc1ccc(-c2nnc(N)o2)cc1. The molecule has 0 fully saturated rings. The van der Waals surface area contributed by atoms with Gasteiger partial charge >= 0.3 is 6.01 Å². The van der Waals surface area contributed by atoms with Crippen LogP contribution in [0, 0.1) is 0 Å². The second-order valence-corrected chi connectivity index (χ2v) is 3.45. The summed E-state index contributed by atoms with van der Waals surface area (Å²) in [6.07, 6.45) is 1.10. The molecule has 0 amide bonds. The van der Waals surface area contributed by atoms with Crippen LogP contribution in [0.5, 0.6) is 0 Å². The van der Waals surface area contributed by atoms with Crippen LogP contribution < -0.4 is 11.1 Å². The maximum atomic E-state index is 5.36. The number of anilines is 2. The van der Waals surface area contributed by atoms with E-state index in [0.29, 0.717) is 5.89 Å². The van der Waals surface area contributed by atoms with Crippen molar-refractivity contribution in [2.24, 2.45) is 0 Å². The molecule has 1 heterocycles. The highest BCUT2D eigenvalue weighted by atomic mass is 16.4. The second kappa shape index (κ2) is 4.65. The van der Waals surface area contributed by atoms with Crippen LogP contribution in [-0.4, -0.2) is 16.7 Å². The Hall–Kier alpha value is -2.04. The minimum Gasteiger partial charge on any atom is -0.404 e. The van der Waals surface area contributed by atoms with Crippen molar-refractivity contribution < 1.29 is 4.42 Å². The molecule has 0 aliphatic heterocycles. The minimum absolute atomic E-state index is 0.0863. The molecule has 0 aliphatic rings. The van der Waals surface area contributed by atoms with E-state index >= 15 is 0 Å². The van der Waals surface area contributed by atoms with Gasteiger partial charge in [0.1, 0.15) is 0 Å². The van der Waals surface area contributed by atoms with Crippen molar-refractivity contribution in [3.63, 3.8) is 0 Å². The summed E-state index contributed by atoms with van der Waals surface area (Å²) >= 11 is 0. The van der Waals surface area contributed by atoms with Gasteiger partial charge in [-0.2, -0.15) is 0 Å². The van der Waals surface area contributed by atoms with Crippen molar-refractivity contribution in [1.82, 2.24) is 10.2 Å². The Morgan fingerprint density at radius 3 is 2.56 bits per heavy atom. The van der Waals surface area contributed by atoms with Crippen LogP contribution in [0.1, 0.15) is 13.3 Å². The zero-order chi connectivity index (χ0) is 11.4. The maximum Gasteiger partial charge on any atom is 0.313 e. The first-order valence-corrected chi connectivity index (χ1v) is 5.23. The van der Waals surface area contributed by atoms with Gasteiger partial charge in [-0.1, -0.05) is 12.0 Å². The lowest BCUT2D eigenvalue weighted by atomic mass is 10.2. The first kappa shape index (κ1) is 10.5. The van der Waals surface area contributed by atoms with Crippen molar-refractivity contribution in [3.8, 4) is 11.5 Å². The van der Waals surface area contributed by atoms with E-state index < -0.39 is 0 Å². The largest absolute Gasteiger partial charge is 0.404 e. The fraction of sp³-hybridized carbons (Fsp3) is 0.273. The third-order valence-corrected chi connectivity index (χ3v) is 2.15. The molecule has 0 spiro atoms. The van der Waals surface area contributed by atoms with E-state index in [2.05, 4.69) is 22.4 Å². The molecule has 2 aromatic rings. The molecule has 5 heteroatoms. The first-order valence-electron chi connectivity index (χ1n) is 5.23. The Balaban J connectivity index is 2.13. The molecule has 1 aromatic heterocycles. The third-order valence-electron chi connectivity index (χ3n) is 2.15. The van der Waals surface area contributed by atoms with E-state index in [1.807, 2.05) is 24.3 Å². The van der Waals surface area contributed by atoms with Crippen molar-refractivity contribution >= 4 is 11.7 Å². The van der Waals surface area contributed by atoms with Crippen LogP contribution in [0.4, 0.5) is 11.7 Å². The first-order chi connectivity index (χ1) is 7.79. The summed E-state index contributed by atoms with van der Waals surface area (Å²) in [6.45, 7) is 3.09. The zero-order valence-corrected chi connectivity index (χ0v) is 9.10. The fourth-order valence-corrected chi connectivity index (χ4v) is 1.35. The number of nitrogens with one attached hydrogen (secondary N) is 1. The normalized spacial score (nSPS) is 10.3. The predicted molar refractivity (Wildman–Crippen MR) is 62.9 cm³/mol. The quantitative estimate of drug-likeness (QED) is 0.822.